The molecule has 4 aromatic rings. The van der Waals surface area contributed by atoms with E-state index in [0.29, 0.717) is 11.1 Å². The van der Waals surface area contributed by atoms with Gasteiger partial charge in [0.25, 0.3) is 5.88 Å². The van der Waals surface area contributed by atoms with Crippen molar-refractivity contribution in [2.75, 3.05) is 0 Å². The third kappa shape index (κ3) is 1.83. The van der Waals surface area contributed by atoms with Gasteiger partial charge < -0.3 is 5.11 Å². The van der Waals surface area contributed by atoms with Crippen molar-refractivity contribution in [3.05, 3.63) is 72.1 Å². The molecule has 0 radical (unpaired) electrons. The average Bonchev–Trinajstić information content (AvgIpc) is 3.01. The van der Waals surface area contributed by atoms with Gasteiger partial charge in [-0.3, -0.25) is 9.20 Å². The Morgan fingerprint density at radius 2 is 1.68 bits per heavy atom. The van der Waals surface area contributed by atoms with E-state index in [0.717, 1.165) is 5.52 Å². The number of rotatable bonds is 2. The number of benzene rings is 2. The first kappa shape index (κ1) is 12.5. The molecular weight excluding hydrogens is 278 g/mol. The minimum absolute atomic E-state index is 0.187. The second-order valence-electron chi connectivity index (χ2n) is 4.94. The molecule has 5 heteroatoms. The van der Waals surface area contributed by atoms with Crippen LogP contribution < -0.4 is 0 Å². The van der Waals surface area contributed by atoms with Crippen molar-refractivity contribution in [1.82, 2.24) is 14.4 Å². The third-order valence-electron chi connectivity index (χ3n) is 3.54. The molecule has 0 amide bonds. The highest BCUT2D eigenvalue weighted by molar-refractivity contribution is 6.08. The Bertz CT molecular complexity index is 1010. The summed E-state index contributed by atoms with van der Waals surface area (Å²) in [6.07, 6.45) is 1.63. The van der Waals surface area contributed by atoms with Gasteiger partial charge in [0, 0.05) is 11.8 Å². The van der Waals surface area contributed by atoms with Crippen LogP contribution >= 0.6 is 0 Å². The fraction of sp³-hybridized carbons (Fsp3) is 0. The number of hydrogen-bond donors (Lipinski definition) is 1. The first-order chi connectivity index (χ1) is 10.7. The van der Waals surface area contributed by atoms with Gasteiger partial charge in [0.1, 0.15) is 5.69 Å². The monoisotopic (exact) mass is 289 g/mol. The highest BCUT2D eigenvalue weighted by atomic mass is 16.3. The van der Waals surface area contributed by atoms with Gasteiger partial charge in [0.15, 0.2) is 0 Å². The molecule has 0 unspecified atom stereocenters. The Morgan fingerprint density at radius 3 is 2.50 bits per heavy atom. The molecule has 22 heavy (non-hydrogen) atoms. The summed E-state index contributed by atoms with van der Waals surface area (Å²) in [7, 11) is 0. The van der Waals surface area contributed by atoms with E-state index in [-0.39, 0.29) is 23.0 Å². The molecule has 0 saturated carbocycles. The maximum Gasteiger partial charge on any atom is 0.256 e. The zero-order valence-corrected chi connectivity index (χ0v) is 11.5. The number of carbonyl (C=O) groups excluding carboxylic acids is 1. The van der Waals surface area contributed by atoms with Crippen LogP contribution in [0.3, 0.4) is 0 Å². The molecule has 0 aliphatic carbocycles. The number of ketones is 1. The molecular formula is C17H11N3O2. The van der Waals surface area contributed by atoms with Crippen molar-refractivity contribution >= 4 is 22.5 Å². The Morgan fingerprint density at radius 1 is 0.955 bits per heavy atom. The molecule has 0 saturated heterocycles. The van der Waals surface area contributed by atoms with E-state index in [1.807, 2.05) is 24.3 Å². The van der Waals surface area contributed by atoms with E-state index in [4.69, 9.17) is 0 Å². The Hall–Kier alpha value is -3.21. The summed E-state index contributed by atoms with van der Waals surface area (Å²) in [4.78, 5) is 20.8. The zero-order chi connectivity index (χ0) is 15.1. The van der Waals surface area contributed by atoms with Crippen molar-refractivity contribution < 1.29 is 9.90 Å². The molecule has 0 atom stereocenters. The van der Waals surface area contributed by atoms with E-state index in [2.05, 4.69) is 9.97 Å². The number of aromatic nitrogens is 3. The van der Waals surface area contributed by atoms with Crippen molar-refractivity contribution in [1.29, 1.82) is 0 Å². The SMILES string of the molecule is O=C(c1ccccc1)c1cn2c(n1)c(O)nc1ccccc12. The number of hydrogen-bond acceptors (Lipinski definition) is 4. The summed E-state index contributed by atoms with van der Waals surface area (Å²) < 4.78 is 1.69. The molecule has 4 rings (SSSR count). The van der Waals surface area contributed by atoms with Crippen LogP contribution in [0.2, 0.25) is 0 Å². The molecule has 106 valence electrons. The fourth-order valence-corrected chi connectivity index (χ4v) is 2.49. The lowest BCUT2D eigenvalue weighted by Gasteiger charge is -2.01. The van der Waals surface area contributed by atoms with E-state index in [1.165, 1.54) is 0 Å². The van der Waals surface area contributed by atoms with Gasteiger partial charge in [-0.15, -0.1) is 0 Å². The summed E-state index contributed by atoms with van der Waals surface area (Å²) in [6.45, 7) is 0. The van der Waals surface area contributed by atoms with E-state index in [1.54, 1.807) is 40.9 Å². The van der Waals surface area contributed by atoms with Crippen LogP contribution in [-0.2, 0) is 0 Å². The van der Waals surface area contributed by atoms with Crippen molar-refractivity contribution in [3.63, 3.8) is 0 Å². The molecule has 0 spiro atoms. The number of aromatic hydroxyl groups is 1. The van der Waals surface area contributed by atoms with Crippen molar-refractivity contribution in [2.45, 2.75) is 0 Å². The first-order valence-corrected chi connectivity index (χ1v) is 6.80. The molecule has 2 aromatic heterocycles. The van der Waals surface area contributed by atoms with Gasteiger partial charge >= 0.3 is 0 Å². The van der Waals surface area contributed by atoms with Crippen molar-refractivity contribution in [2.24, 2.45) is 0 Å². The molecule has 5 nitrogen and oxygen atoms in total. The van der Waals surface area contributed by atoms with Gasteiger partial charge in [-0.05, 0) is 12.1 Å². The van der Waals surface area contributed by atoms with Gasteiger partial charge in [-0.2, -0.15) is 0 Å². The third-order valence-corrected chi connectivity index (χ3v) is 3.54. The summed E-state index contributed by atoms with van der Waals surface area (Å²) in [5, 5.41) is 10.0. The second kappa shape index (κ2) is 4.66. The van der Waals surface area contributed by atoms with E-state index >= 15 is 0 Å². The molecule has 2 heterocycles. The van der Waals surface area contributed by atoms with Gasteiger partial charge in [0.2, 0.25) is 11.4 Å². The lowest BCUT2D eigenvalue weighted by atomic mass is 10.1. The number of nitrogens with zero attached hydrogens (tertiary/aromatic N) is 3. The summed E-state index contributed by atoms with van der Waals surface area (Å²) >= 11 is 0. The van der Waals surface area contributed by atoms with Crippen LogP contribution in [0.4, 0.5) is 0 Å². The van der Waals surface area contributed by atoms with Gasteiger partial charge in [-0.1, -0.05) is 42.5 Å². The van der Waals surface area contributed by atoms with Crippen LogP contribution in [0.1, 0.15) is 16.1 Å². The highest BCUT2D eigenvalue weighted by Gasteiger charge is 2.16. The molecule has 2 aromatic carbocycles. The predicted molar refractivity (Wildman–Crippen MR) is 82.0 cm³/mol. The molecule has 0 bridgehead atoms. The molecule has 1 N–H and O–H groups in total. The normalized spacial score (nSPS) is 11.1. The fourth-order valence-electron chi connectivity index (χ4n) is 2.49. The van der Waals surface area contributed by atoms with Crippen LogP contribution in [0, 0.1) is 0 Å². The number of fused-ring (bicyclic) bond motifs is 3. The van der Waals surface area contributed by atoms with Crippen molar-refractivity contribution in [3.8, 4) is 5.88 Å². The van der Waals surface area contributed by atoms with E-state index < -0.39 is 0 Å². The number of para-hydroxylation sites is 2. The van der Waals surface area contributed by atoms with E-state index in [9.17, 15) is 9.90 Å². The maximum absolute atomic E-state index is 12.5. The lowest BCUT2D eigenvalue weighted by Crippen LogP contribution is -2.00. The lowest BCUT2D eigenvalue weighted by molar-refractivity contribution is 0.103. The van der Waals surface area contributed by atoms with Gasteiger partial charge in [-0.25, -0.2) is 9.97 Å². The maximum atomic E-state index is 12.5. The Kier molecular flexibility index (Phi) is 2.66. The summed E-state index contributed by atoms with van der Waals surface area (Å²) in [5.74, 6) is -0.376. The first-order valence-electron chi connectivity index (χ1n) is 6.80. The Balaban J connectivity index is 1.96. The average molecular weight is 289 g/mol. The molecule has 0 fully saturated rings. The van der Waals surface area contributed by atoms with Crippen LogP contribution in [0.25, 0.3) is 16.7 Å². The molecule has 0 aliphatic rings. The number of imidazole rings is 1. The van der Waals surface area contributed by atoms with Crippen LogP contribution in [0.5, 0.6) is 5.88 Å². The topological polar surface area (TPSA) is 67.5 Å². The highest BCUT2D eigenvalue weighted by Crippen LogP contribution is 2.23. The summed E-state index contributed by atoms with van der Waals surface area (Å²) in [5.41, 5.74) is 2.54. The zero-order valence-electron chi connectivity index (χ0n) is 11.5. The summed E-state index contributed by atoms with van der Waals surface area (Å²) in [6, 6.07) is 16.3. The predicted octanol–water partition coefficient (Wildman–Crippen LogP) is 2.82. The standard InChI is InChI=1S/C17H11N3O2/c21-15(11-6-2-1-3-7-11)13-10-20-14-9-5-4-8-12(14)19-17(22)16(20)18-13/h1-10H,(H,19,22). The number of carbonyl (C=O) groups is 1. The van der Waals surface area contributed by atoms with Crippen LogP contribution in [0.15, 0.2) is 60.8 Å². The quantitative estimate of drug-likeness (QED) is 0.576. The van der Waals surface area contributed by atoms with Gasteiger partial charge in [0.05, 0.1) is 11.0 Å². The van der Waals surface area contributed by atoms with Crippen LogP contribution in [-0.4, -0.2) is 25.3 Å². The smallest absolute Gasteiger partial charge is 0.256 e. The minimum atomic E-state index is -0.189. The second-order valence-corrected chi connectivity index (χ2v) is 4.94. The minimum Gasteiger partial charge on any atom is -0.491 e. The largest absolute Gasteiger partial charge is 0.491 e. The Labute approximate surface area is 125 Å². The molecule has 0 aliphatic heterocycles.